The Bertz CT molecular complexity index is 1070. The van der Waals surface area contributed by atoms with E-state index in [0.717, 1.165) is 11.1 Å². The van der Waals surface area contributed by atoms with Crippen LogP contribution in [0.3, 0.4) is 0 Å². The lowest BCUT2D eigenvalue weighted by Gasteiger charge is -2.19. The van der Waals surface area contributed by atoms with Crippen LogP contribution in [-0.2, 0) is 17.9 Å². The zero-order valence-electron chi connectivity index (χ0n) is 18.3. The third-order valence-electron chi connectivity index (χ3n) is 4.34. The van der Waals surface area contributed by atoms with Crippen LogP contribution in [0.2, 0.25) is 0 Å². The van der Waals surface area contributed by atoms with Crippen molar-refractivity contribution >= 4 is 11.9 Å². The van der Waals surface area contributed by atoms with Gasteiger partial charge in [-0.15, -0.1) is 0 Å². The molecule has 168 valence electrons. The summed E-state index contributed by atoms with van der Waals surface area (Å²) in [5, 5.41) is 16.7. The van der Waals surface area contributed by atoms with Gasteiger partial charge in [0.05, 0.1) is 24.1 Å². The van der Waals surface area contributed by atoms with Crippen molar-refractivity contribution in [1.29, 1.82) is 0 Å². The number of urea groups is 1. The topological polar surface area (TPSA) is 118 Å². The van der Waals surface area contributed by atoms with Gasteiger partial charge in [0, 0.05) is 6.54 Å². The fourth-order valence-corrected chi connectivity index (χ4v) is 2.77. The first kappa shape index (κ1) is 22.8. The van der Waals surface area contributed by atoms with Gasteiger partial charge in [-0.05, 0) is 44.0 Å². The van der Waals surface area contributed by atoms with E-state index in [4.69, 9.17) is 4.74 Å². The minimum absolute atomic E-state index is 0.208. The predicted molar refractivity (Wildman–Crippen MR) is 119 cm³/mol. The van der Waals surface area contributed by atoms with E-state index in [0.29, 0.717) is 12.3 Å². The van der Waals surface area contributed by atoms with Crippen LogP contribution in [0.25, 0.3) is 5.69 Å². The van der Waals surface area contributed by atoms with Crippen LogP contribution in [-0.4, -0.2) is 32.4 Å². The summed E-state index contributed by atoms with van der Waals surface area (Å²) in [4.78, 5) is 24.3. The number of aromatic nitrogens is 2. The van der Waals surface area contributed by atoms with Crippen LogP contribution in [0.5, 0.6) is 5.75 Å². The highest BCUT2D eigenvalue weighted by Gasteiger charge is 2.17. The zero-order valence-corrected chi connectivity index (χ0v) is 18.3. The molecule has 0 saturated heterocycles. The number of hydrazine groups is 1. The lowest BCUT2D eigenvalue weighted by atomic mass is 10.1. The number of hydrogen-bond donors (Lipinski definition) is 4. The first-order valence-corrected chi connectivity index (χ1v) is 10.1. The number of nitrogens with zero attached hydrogens (tertiary/aromatic N) is 2. The fraction of sp³-hybridized carbons (Fsp3) is 0.261. The fourth-order valence-electron chi connectivity index (χ4n) is 2.77. The molecule has 1 heterocycles. The van der Waals surface area contributed by atoms with E-state index in [1.807, 2.05) is 63.2 Å². The SMILES string of the molecule is CC(C)(C)OCc1cccc(CNC(=O)NNC(=O)c2nn(-c3ccccc3)cc2O)c1. The molecule has 0 atom stereocenters. The van der Waals surface area contributed by atoms with Crippen molar-refractivity contribution in [3.05, 3.63) is 77.6 Å². The van der Waals surface area contributed by atoms with Gasteiger partial charge in [0.2, 0.25) is 0 Å². The molecule has 0 aliphatic carbocycles. The molecule has 0 aliphatic rings. The Morgan fingerprint density at radius 2 is 1.75 bits per heavy atom. The molecule has 3 aromatic rings. The van der Waals surface area contributed by atoms with E-state index < -0.39 is 11.9 Å². The lowest BCUT2D eigenvalue weighted by molar-refractivity contribution is -0.0149. The normalized spacial score (nSPS) is 11.1. The Morgan fingerprint density at radius 1 is 1.03 bits per heavy atom. The maximum absolute atomic E-state index is 12.3. The van der Waals surface area contributed by atoms with Crippen LogP contribution < -0.4 is 16.2 Å². The molecule has 1 aromatic heterocycles. The van der Waals surface area contributed by atoms with Crippen molar-refractivity contribution in [3.8, 4) is 11.4 Å². The highest BCUT2D eigenvalue weighted by atomic mass is 16.5. The minimum atomic E-state index is -0.742. The summed E-state index contributed by atoms with van der Waals surface area (Å²) in [6, 6.07) is 16.1. The van der Waals surface area contributed by atoms with E-state index in [2.05, 4.69) is 21.3 Å². The number of nitrogens with one attached hydrogen (secondary N) is 3. The number of benzene rings is 2. The van der Waals surface area contributed by atoms with Crippen LogP contribution >= 0.6 is 0 Å². The van der Waals surface area contributed by atoms with Crippen molar-refractivity contribution in [2.75, 3.05) is 0 Å². The molecule has 9 nitrogen and oxygen atoms in total. The minimum Gasteiger partial charge on any atom is -0.504 e. The Labute approximate surface area is 186 Å². The van der Waals surface area contributed by atoms with Crippen molar-refractivity contribution in [1.82, 2.24) is 25.9 Å². The van der Waals surface area contributed by atoms with Gasteiger partial charge in [-0.2, -0.15) is 5.10 Å². The molecule has 0 aliphatic heterocycles. The molecule has 32 heavy (non-hydrogen) atoms. The van der Waals surface area contributed by atoms with Crippen molar-refractivity contribution < 1.29 is 19.4 Å². The summed E-state index contributed by atoms with van der Waals surface area (Å²) in [7, 11) is 0. The van der Waals surface area contributed by atoms with Crippen molar-refractivity contribution in [3.63, 3.8) is 0 Å². The number of aromatic hydroxyl groups is 1. The van der Waals surface area contributed by atoms with E-state index in [1.54, 1.807) is 12.1 Å². The summed E-state index contributed by atoms with van der Waals surface area (Å²) in [5.41, 5.74) is 6.61. The molecule has 0 unspecified atom stereocenters. The quantitative estimate of drug-likeness (QED) is 0.442. The van der Waals surface area contributed by atoms with Crippen LogP contribution in [0.4, 0.5) is 4.79 Å². The Morgan fingerprint density at radius 3 is 2.47 bits per heavy atom. The zero-order chi connectivity index (χ0) is 23.1. The number of carbonyl (C=O) groups excluding carboxylic acids is 2. The lowest BCUT2D eigenvalue weighted by Crippen LogP contribution is -2.46. The van der Waals surface area contributed by atoms with Gasteiger partial charge in [-0.1, -0.05) is 42.5 Å². The predicted octanol–water partition coefficient (Wildman–Crippen LogP) is 3.04. The van der Waals surface area contributed by atoms with Crippen molar-refractivity contribution in [2.45, 2.75) is 39.5 Å². The molecule has 3 rings (SSSR count). The average molecular weight is 438 g/mol. The number of rotatable bonds is 6. The van der Waals surface area contributed by atoms with Crippen LogP contribution in [0.15, 0.2) is 60.8 Å². The Balaban J connectivity index is 1.49. The maximum Gasteiger partial charge on any atom is 0.333 e. The van der Waals surface area contributed by atoms with Gasteiger partial charge in [-0.3, -0.25) is 10.2 Å². The van der Waals surface area contributed by atoms with E-state index in [-0.39, 0.29) is 23.6 Å². The standard InChI is InChI=1S/C23H27N5O4/c1-23(2,3)32-15-17-9-7-8-16(12-17)13-24-22(31)26-25-21(30)20-19(29)14-28(27-20)18-10-5-4-6-11-18/h4-12,14,29H,13,15H2,1-3H3,(H,25,30)(H2,24,26,31). The second-order valence-corrected chi connectivity index (χ2v) is 8.13. The van der Waals surface area contributed by atoms with Gasteiger partial charge in [0.25, 0.3) is 5.91 Å². The van der Waals surface area contributed by atoms with E-state index in [1.165, 1.54) is 10.9 Å². The Hall–Kier alpha value is -3.85. The number of carbonyl (C=O) groups is 2. The summed E-state index contributed by atoms with van der Waals surface area (Å²) >= 11 is 0. The summed E-state index contributed by atoms with van der Waals surface area (Å²) in [6.45, 7) is 6.70. The molecule has 0 bridgehead atoms. The third-order valence-corrected chi connectivity index (χ3v) is 4.34. The third kappa shape index (κ3) is 6.58. The molecule has 0 fully saturated rings. The molecule has 2 aromatic carbocycles. The smallest absolute Gasteiger partial charge is 0.333 e. The van der Waals surface area contributed by atoms with E-state index in [9.17, 15) is 14.7 Å². The van der Waals surface area contributed by atoms with Gasteiger partial charge >= 0.3 is 6.03 Å². The molecule has 0 spiro atoms. The molecular weight excluding hydrogens is 410 g/mol. The molecule has 3 amide bonds. The maximum atomic E-state index is 12.3. The van der Waals surface area contributed by atoms with Crippen molar-refractivity contribution in [2.24, 2.45) is 0 Å². The van der Waals surface area contributed by atoms with E-state index >= 15 is 0 Å². The monoisotopic (exact) mass is 437 g/mol. The summed E-state index contributed by atoms with van der Waals surface area (Å²) in [5.74, 6) is -1.04. The second-order valence-electron chi connectivity index (χ2n) is 8.13. The Kier molecular flexibility index (Phi) is 7.11. The molecule has 0 saturated carbocycles. The highest BCUT2D eigenvalue weighted by Crippen LogP contribution is 2.17. The molecule has 0 radical (unpaired) electrons. The second kappa shape index (κ2) is 9.97. The largest absolute Gasteiger partial charge is 0.504 e. The number of hydrogen-bond acceptors (Lipinski definition) is 5. The number of para-hydroxylation sites is 1. The number of ether oxygens (including phenoxy) is 1. The van der Waals surface area contributed by atoms with Gasteiger partial charge in [0.1, 0.15) is 0 Å². The number of amides is 3. The summed E-state index contributed by atoms with van der Waals surface area (Å²) < 4.78 is 7.14. The van der Waals surface area contributed by atoms with Gasteiger partial charge in [-0.25, -0.2) is 14.9 Å². The average Bonchev–Trinajstić information content (AvgIpc) is 3.17. The molecule has 9 heteroatoms. The first-order valence-electron chi connectivity index (χ1n) is 10.1. The van der Waals surface area contributed by atoms with Crippen LogP contribution in [0.1, 0.15) is 42.4 Å². The molecule has 4 N–H and O–H groups in total. The van der Waals surface area contributed by atoms with Crippen LogP contribution in [0, 0.1) is 0 Å². The van der Waals surface area contributed by atoms with Gasteiger partial charge < -0.3 is 15.2 Å². The van der Waals surface area contributed by atoms with Gasteiger partial charge in [0.15, 0.2) is 11.4 Å². The molecular formula is C23H27N5O4. The highest BCUT2D eigenvalue weighted by molar-refractivity contribution is 5.95. The first-order chi connectivity index (χ1) is 15.2. The summed E-state index contributed by atoms with van der Waals surface area (Å²) in [6.07, 6.45) is 1.32.